The molecule has 0 amide bonds. The highest BCUT2D eigenvalue weighted by molar-refractivity contribution is 14.0. The maximum atomic E-state index is 12.2. The summed E-state index contributed by atoms with van der Waals surface area (Å²) in [7, 11) is -3.04. The Balaban J connectivity index is 0.00000243. The monoisotopic (exact) mass is 555 g/mol. The molecule has 26 heavy (non-hydrogen) atoms. The Hall–Kier alpha value is -0.350. The average molecular weight is 556 g/mol. The lowest BCUT2D eigenvalue weighted by Gasteiger charge is -2.39. The summed E-state index contributed by atoms with van der Waals surface area (Å²) in [6, 6.07) is 8.83. The summed E-state index contributed by atoms with van der Waals surface area (Å²) in [5, 5.41) is 3.56. The molecular formula is C18H27BrIN3O2S. The van der Waals surface area contributed by atoms with Crippen LogP contribution in [0.15, 0.2) is 33.7 Å². The van der Waals surface area contributed by atoms with Crippen LogP contribution in [0.1, 0.15) is 38.7 Å². The van der Waals surface area contributed by atoms with Gasteiger partial charge in [-0.25, -0.2) is 8.42 Å². The van der Waals surface area contributed by atoms with Crippen molar-refractivity contribution in [3.05, 3.63) is 34.3 Å². The van der Waals surface area contributed by atoms with E-state index in [2.05, 4.69) is 55.4 Å². The minimum atomic E-state index is -3.04. The molecule has 1 aromatic rings. The van der Waals surface area contributed by atoms with Crippen LogP contribution < -0.4 is 5.32 Å². The van der Waals surface area contributed by atoms with Gasteiger partial charge < -0.3 is 10.2 Å². The first-order valence-corrected chi connectivity index (χ1v) is 11.2. The Morgan fingerprint density at radius 2 is 2.00 bits per heavy atom. The second kappa shape index (κ2) is 8.34. The Bertz CT molecular complexity index is 765. The van der Waals surface area contributed by atoms with Gasteiger partial charge in [0.1, 0.15) is 0 Å². The van der Waals surface area contributed by atoms with Crippen LogP contribution in [0, 0.1) is 0 Å². The highest BCUT2D eigenvalue weighted by Gasteiger charge is 2.43. The quantitative estimate of drug-likeness (QED) is 0.353. The molecule has 2 aliphatic rings. The molecule has 3 rings (SSSR count). The highest BCUT2D eigenvalue weighted by atomic mass is 127. The molecule has 0 bridgehead atoms. The smallest absolute Gasteiger partial charge is 0.194 e. The fourth-order valence-electron chi connectivity index (χ4n) is 3.31. The number of hydrogen-bond acceptors (Lipinski definition) is 3. The van der Waals surface area contributed by atoms with E-state index in [0.29, 0.717) is 31.6 Å². The first-order valence-electron chi connectivity index (χ1n) is 8.77. The lowest BCUT2D eigenvalue weighted by Crippen LogP contribution is -2.57. The van der Waals surface area contributed by atoms with E-state index in [9.17, 15) is 8.42 Å². The summed E-state index contributed by atoms with van der Waals surface area (Å²) in [6.07, 6.45) is 1.08. The second-order valence-electron chi connectivity index (χ2n) is 7.44. The standard InChI is InChI=1S/C18H26BrN3O2S.HI/c1-4-20-17(22-9-10-25(23,24)18(2,3)12-22)21-16-11-15(16)13-5-7-14(19)8-6-13;/h5-8,15-16H,4,9-12H2,1-3H3,(H,20,21);1H. The Morgan fingerprint density at radius 3 is 2.58 bits per heavy atom. The zero-order chi connectivity index (χ0) is 18.2. The van der Waals surface area contributed by atoms with Gasteiger partial charge in [-0.1, -0.05) is 28.1 Å². The van der Waals surface area contributed by atoms with Crippen LogP contribution >= 0.6 is 39.9 Å². The molecule has 1 aliphatic heterocycles. The molecule has 1 heterocycles. The summed E-state index contributed by atoms with van der Waals surface area (Å²) in [6.45, 7) is 7.29. The normalized spacial score (nSPS) is 26.8. The van der Waals surface area contributed by atoms with Crippen LogP contribution in [-0.2, 0) is 9.84 Å². The first-order chi connectivity index (χ1) is 11.7. The maximum Gasteiger partial charge on any atom is 0.194 e. The van der Waals surface area contributed by atoms with Gasteiger partial charge in [-0.15, -0.1) is 24.0 Å². The number of aliphatic imine (C=N–C) groups is 1. The van der Waals surface area contributed by atoms with E-state index in [1.54, 1.807) is 13.8 Å². The number of rotatable bonds is 3. The molecule has 2 fully saturated rings. The molecule has 0 radical (unpaired) electrons. The SMILES string of the molecule is CCN=C(NC1CC1c1ccc(Br)cc1)N1CCS(=O)(=O)C(C)(C)C1.I. The lowest BCUT2D eigenvalue weighted by molar-refractivity contribution is 0.352. The second-order valence-corrected chi connectivity index (χ2v) is 11.1. The molecule has 2 atom stereocenters. The van der Waals surface area contributed by atoms with Crippen LogP contribution in [0.3, 0.4) is 0 Å². The number of benzene rings is 1. The molecule has 5 nitrogen and oxygen atoms in total. The summed E-state index contributed by atoms with van der Waals surface area (Å²) in [4.78, 5) is 6.71. The third-order valence-corrected chi connectivity index (χ3v) is 8.12. The van der Waals surface area contributed by atoms with Crippen LogP contribution in [0.4, 0.5) is 0 Å². The van der Waals surface area contributed by atoms with Gasteiger partial charge in [0.25, 0.3) is 0 Å². The summed E-state index contributed by atoms with van der Waals surface area (Å²) >= 11 is 3.47. The molecule has 1 aliphatic carbocycles. The van der Waals surface area contributed by atoms with Crippen molar-refractivity contribution in [2.45, 2.75) is 43.9 Å². The zero-order valence-corrected chi connectivity index (χ0v) is 20.1. The molecule has 1 saturated carbocycles. The predicted octanol–water partition coefficient (Wildman–Crippen LogP) is 3.40. The predicted molar refractivity (Wildman–Crippen MR) is 121 cm³/mol. The number of guanidine groups is 1. The van der Waals surface area contributed by atoms with Gasteiger partial charge in [-0.2, -0.15) is 0 Å². The van der Waals surface area contributed by atoms with Crippen molar-refractivity contribution in [2.75, 3.05) is 25.4 Å². The minimum Gasteiger partial charge on any atom is -0.353 e. The third kappa shape index (κ3) is 4.73. The number of sulfone groups is 1. The maximum absolute atomic E-state index is 12.2. The number of hydrogen-bond donors (Lipinski definition) is 1. The largest absolute Gasteiger partial charge is 0.353 e. The van der Waals surface area contributed by atoms with E-state index in [-0.39, 0.29) is 29.7 Å². The lowest BCUT2D eigenvalue weighted by atomic mass is 10.1. The van der Waals surface area contributed by atoms with Gasteiger partial charge in [0, 0.05) is 36.1 Å². The van der Waals surface area contributed by atoms with Crippen LogP contribution in [0.2, 0.25) is 0 Å². The summed E-state index contributed by atoms with van der Waals surface area (Å²) in [5.41, 5.74) is 1.33. The van der Waals surface area contributed by atoms with Crippen LogP contribution in [0.25, 0.3) is 0 Å². The van der Waals surface area contributed by atoms with E-state index in [4.69, 9.17) is 0 Å². The summed E-state index contributed by atoms with van der Waals surface area (Å²) < 4.78 is 24.8. The van der Waals surface area contributed by atoms with Crippen molar-refractivity contribution in [3.8, 4) is 0 Å². The molecule has 0 aromatic heterocycles. The van der Waals surface area contributed by atoms with Crippen molar-refractivity contribution in [3.63, 3.8) is 0 Å². The van der Waals surface area contributed by atoms with Crippen molar-refractivity contribution in [2.24, 2.45) is 4.99 Å². The Kier molecular flexibility index (Phi) is 7.04. The molecule has 1 N–H and O–H groups in total. The van der Waals surface area contributed by atoms with E-state index in [0.717, 1.165) is 16.9 Å². The molecule has 146 valence electrons. The van der Waals surface area contributed by atoms with Gasteiger partial charge in [-0.3, -0.25) is 4.99 Å². The van der Waals surface area contributed by atoms with Gasteiger partial charge >= 0.3 is 0 Å². The van der Waals surface area contributed by atoms with E-state index >= 15 is 0 Å². The Morgan fingerprint density at radius 1 is 1.35 bits per heavy atom. The molecule has 8 heteroatoms. The number of nitrogens with zero attached hydrogens (tertiary/aromatic N) is 2. The topological polar surface area (TPSA) is 61.8 Å². The zero-order valence-electron chi connectivity index (χ0n) is 15.4. The van der Waals surface area contributed by atoms with Gasteiger partial charge in [-0.05, 0) is 44.9 Å². The fourth-order valence-corrected chi connectivity index (χ4v) is 4.94. The number of nitrogens with one attached hydrogen (secondary N) is 1. The summed E-state index contributed by atoms with van der Waals surface area (Å²) in [5.74, 6) is 1.53. The van der Waals surface area contributed by atoms with Gasteiger partial charge in [0.05, 0.1) is 10.5 Å². The fraction of sp³-hybridized carbons (Fsp3) is 0.611. The van der Waals surface area contributed by atoms with Crippen molar-refractivity contribution >= 4 is 55.7 Å². The van der Waals surface area contributed by atoms with Gasteiger partial charge in [0.2, 0.25) is 0 Å². The van der Waals surface area contributed by atoms with Crippen molar-refractivity contribution < 1.29 is 8.42 Å². The molecule has 1 aromatic carbocycles. The van der Waals surface area contributed by atoms with E-state index in [1.807, 2.05) is 6.92 Å². The van der Waals surface area contributed by atoms with Crippen LogP contribution in [-0.4, -0.2) is 55.5 Å². The third-order valence-electron chi connectivity index (χ3n) is 5.05. The average Bonchev–Trinajstić information content (AvgIpc) is 3.30. The van der Waals surface area contributed by atoms with Crippen molar-refractivity contribution in [1.82, 2.24) is 10.2 Å². The molecule has 1 saturated heterocycles. The first kappa shape index (κ1) is 21.9. The van der Waals surface area contributed by atoms with E-state index in [1.165, 1.54) is 5.56 Å². The van der Waals surface area contributed by atoms with Gasteiger partial charge in [0.15, 0.2) is 15.8 Å². The van der Waals surface area contributed by atoms with Crippen LogP contribution in [0.5, 0.6) is 0 Å². The molecular weight excluding hydrogens is 529 g/mol. The molecule has 0 spiro atoms. The molecule has 2 unspecified atom stereocenters. The van der Waals surface area contributed by atoms with E-state index < -0.39 is 14.6 Å². The van der Waals surface area contributed by atoms with Crippen molar-refractivity contribution in [1.29, 1.82) is 0 Å². The Labute approximate surface area is 182 Å². The number of halogens is 2. The minimum absolute atomic E-state index is 0. The highest BCUT2D eigenvalue weighted by Crippen LogP contribution is 2.41.